The first-order valence-corrected chi connectivity index (χ1v) is 7.06. The summed E-state index contributed by atoms with van der Waals surface area (Å²) in [6.07, 6.45) is -4.44. The van der Waals surface area contributed by atoms with E-state index in [1.807, 2.05) is 0 Å². The lowest BCUT2D eigenvalue weighted by atomic mass is 10.1. The summed E-state index contributed by atoms with van der Waals surface area (Å²) < 4.78 is 38.3. The van der Waals surface area contributed by atoms with E-state index in [4.69, 9.17) is 5.11 Å². The maximum Gasteiger partial charge on any atom is 0.443 e. The van der Waals surface area contributed by atoms with E-state index in [9.17, 15) is 22.8 Å². The molecule has 0 aliphatic heterocycles. The highest BCUT2D eigenvalue weighted by Gasteiger charge is 2.35. The molecule has 0 fully saturated rings. The number of nitrogens with zero attached hydrogens (tertiary/aromatic N) is 1. The van der Waals surface area contributed by atoms with Gasteiger partial charge in [-0.25, -0.2) is 9.78 Å². The Kier molecular flexibility index (Phi) is 4.36. The van der Waals surface area contributed by atoms with Gasteiger partial charge in [0.15, 0.2) is 5.01 Å². The lowest BCUT2D eigenvalue weighted by Crippen LogP contribution is -2.40. The third-order valence-electron chi connectivity index (χ3n) is 2.92. The number of hydrogen-bond donors (Lipinski definition) is 2. The van der Waals surface area contributed by atoms with E-state index in [0.29, 0.717) is 11.3 Å². The molecule has 0 radical (unpaired) electrons. The average Bonchev–Trinajstić information content (AvgIpc) is 2.87. The number of aliphatic carboxylic acids is 1. The Morgan fingerprint density at radius 3 is 2.64 bits per heavy atom. The van der Waals surface area contributed by atoms with Crippen LogP contribution in [0.4, 0.5) is 13.2 Å². The molecule has 1 aromatic carbocycles. The van der Waals surface area contributed by atoms with Crippen molar-refractivity contribution in [3.63, 3.8) is 0 Å². The number of alkyl halides is 3. The van der Waals surface area contributed by atoms with Gasteiger partial charge in [-0.15, -0.1) is 11.3 Å². The molecule has 2 rings (SSSR count). The number of thiazole rings is 1. The fourth-order valence-corrected chi connectivity index (χ4v) is 2.69. The molecule has 1 heterocycles. The van der Waals surface area contributed by atoms with E-state index in [1.165, 1.54) is 18.2 Å². The minimum Gasteiger partial charge on any atom is -0.480 e. The summed E-state index contributed by atoms with van der Waals surface area (Å²) in [5, 5.41) is 10.1. The molecule has 0 spiro atoms. The van der Waals surface area contributed by atoms with E-state index in [2.05, 4.69) is 10.3 Å². The summed E-state index contributed by atoms with van der Waals surface area (Å²) in [4.78, 5) is 26.5. The zero-order valence-corrected chi connectivity index (χ0v) is 12.1. The number of aromatic nitrogens is 1. The number of halogens is 3. The van der Waals surface area contributed by atoms with Crippen molar-refractivity contribution in [2.45, 2.75) is 25.6 Å². The maximum atomic E-state index is 12.7. The highest BCUT2D eigenvalue weighted by Crippen LogP contribution is 2.36. The summed E-state index contributed by atoms with van der Waals surface area (Å²) in [6.45, 7) is 1.57. The smallest absolute Gasteiger partial charge is 0.443 e. The third kappa shape index (κ3) is 3.19. The van der Waals surface area contributed by atoms with Crippen LogP contribution in [0.3, 0.4) is 0 Å². The van der Waals surface area contributed by atoms with Crippen molar-refractivity contribution < 1.29 is 27.9 Å². The fourth-order valence-electron chi connectivity index (χ4n) is 1.83. The monoisotopic (exact) mass is 332 g/mol. The third-order valence-corrected chi connectivity index (χ3v) is 3.98. The van der Waals surface area contributed by atoms with E-state index in [0.717, 1.165) is 0 Å². The standard InChI is InChI=1S/C13H11F3N2O3S/c1-2-7(11(20)21)17-10(19)6-4-3-5-8-9(6)18-12(22-8)13(14,15)16/h3-5,7H,2H2,1H3,(H,17,19)(H,20,21)/t7-/m0/s1. The molecule has 5 nitrogen and oxygen atoms in total. The number of benzene rings is 1. The molecule has 0 aliphatic carbocycles. The molecule has 22 heavy (non-hydrogen) atoms. The first-order chi connectivity index (χ1) is 10.2. The van der Waals surface area contributed by atoms with Gasteiger partial charge in [0.2, 0.25) is 0 Å². The van der Waals surface area contributed by atoms with Crippen molar-refractivity contribution in [2.24, 2.45) is 0 Å². The van der Waals surface area contributed by atoms with Gasteiger partial charge in [-0.05, 0) is 18.6 Å². The second kappa shape index (κ2) is 5.91. The second-order valence-corrected chi connectivity index (χ2v) is 5.47. The zero-order valence-electron chi connectivity index (χ0n) is 11.3. The Balaban J connectivity index is 2.41. The van der Waals surface area contributed by atoms with E-state index in [-0.39, 0.29) is 22.2 Å². The van der Waals surface area contributed by atoms with Gasteiger partial charge in [0.1, 0.15) is 6.04 Å². The Morgan fingerprint density at radius 2 is 2.09 bits per heavy atom. The van der Waals surface area contributed by atoms with Crippen LogP contribution in [-0.2, 0) is 11.0 Å². The number of carbonyl (C=O) groups is 2. The van der Waals surface area contributed by atoms with Crippen LogP contribution in [0.25, 0.3) is 10.2 Å². The SMILES string of the molecule is CC[C@H](NC(=O)c1cccc2sc(C(F)(F)F)nc12)C(=O)O. The lowest BCUT2D eigenvalue weighted by molar-refractivity contribution is -0.139. The molecular formula is C13H11F3N2O3S. The first-order valence-electron chi connectivity index (χ1n) is 6.24. The predicted octanol–water partition coefficient (Wildman–Crippen LogP) is 2.91. The van der Waals surface area contributed by atoms with Gasteiger partial charge in [0, 0.05) is 0 Å². The van der Waals surface area contributed by atoms with Gasteiger partial charge < -0.3 is 10.4 Å². The van der Waals surface area contributed by atoms with Crippen LogP contribution < -0.4 is 5.32 Å². The molecule has 9 heteroatoms. The predicted molar refractivity (Wildman–Crippen MR) is 73.8 cm³/mol. The Bertz CT molecular complexity index is 727. The molecule has 1 aromatic heterocycles. The Morgan fingerprint density at radius 1 is 1.41 bits per heavy atom. The van der Waals surface area contributed by atoms with Gasteiger partial charge in [-0.1, -0.05) is 13.0 Å². The summed E-state index contributed by atoms with van der Waals surface area (Å²) in [5.41, 5.74) is -0.165. The number of hydrogen-bond acceptors (Lipinski definition) is 4. The van der Waals surface area contributed by atoms with Crippen molar-refractivity contribution in [3.8, 4) is 0 Å². The molecular weight excluding hydrogens is 321 g/mol. The molecule has 0 saturated carbocycles. The van der Waals surface area contributed by atoms with E-state index >= 15 is 0 Å². The van der Waals surface area contributed by atoms with Crippen LogP contribution in [0, 0.1) is 0 Å². The number of nitrogens with one attached hydrogen (secondary N) is 1. The maximum absolute atomic E-state index is 12.7. The number of fused-ring (bicyclic) bond motifs is 1. The second-order valence-electron chi connectivity index (χ2n) is 4.44. The molecule has 2 aromatic rings. The largest absolute Gasteiger partial charge is 0.480 e. The summed E-state index contributed by atoms with van der Waals surface area (Å²) in [7, 11) is 0. The van der Waals surface area contributed by atoms with Crippen molar-refractivity contribution in [1.29, 1.82) is 0 Å². The quantitative estimate of drug-likeness (QED) is 0.902. The van der Waals surface area contributed by atoms with Gasteiger partial charge in [0.05, 0.1) is 15.8 Å². The van der Waals surface area contributed by atoms with Crippen LogP contribution in [0.15, 0.2) is 18.2 Å². The summed E-state index contributed by atoms with van der Waals surface area (Å²) >= 11 is 0.434. The van der Waals surface area contributed by atoms with Crippen LogP contribution in [-0.4, -0.2) is 28.0 Å². The van der Waals surface area contributed by atoms with Crippen molar-refractivity contribution in [1.82, 2.24) is 10.3 Å². The minimum atomic E-state index is -4.59. The topological polar surface area (TPSA) is 79.3 Å². The number of carboxylic acid groups (broad SMARTS) is 1. The first kappa shape index (κ1) is 16.2. The van der Waals surface area contributed by atoms with Crippen LogP contribution >= 0.6 is 11.3 Å². The fraction of sp³-hybridized carbons (Fsp3) is 0.308. The molecule has 0 aliphatic rings. The van der Waals surface area contributed by atoms with Crippen LogP contribution in [0.1, 0.15) is 28.7 Å². The molecule has 1 amide bonds. The van der Waals surface area contributed by atoms with E-state index < -0.39 is 29.1 Å². The lowest BCUT2D eigenvalue weighted by Gasteiger charge is -2.12. The molecule has 118 valence electrons. The number of carbonyl (C=O) groups excluding carboxylic acids is 1. The summed E-state index contributed by atoms with van der Waals surface area (Å²) in [5.74, 6) is -1.98. The Labute approximate surface area is 126 Å². The number of rotatable bonds is 4. The molecule has 0 saturated heterocycles. The number of para-hydroxylation sites is 1. The van der Waals surface area contributed by atoms with Gasteiger partial charge in [-0.2, -0.15) is 13.2 Å². The van der Waals surface area contributed by atoms with Gasteiger partial charge >= 0.3 is 12.1 Å². The van der Waals surface area contributed by atoms with Crippen molar-refractivity contribution in [3.05, 3.63) is 28.8 Å². The molecule has 2 N–H and O–H groups in total. The zero-order chi connectivity index (χ0) is 16.5. The van der Waals surface area contributed by atoms with Crippen molar-refractivity contribution >= 4 is 33.4 Å². The minimum absolute atomic E-state index is 0.0797. The molecule has 1 atom stereocenters. The Hall–Kier alpha value is -2.16. The van der Waals surface area contributed by atoms with E-state index in [1.54, 1.807) is 6.92 Å². The normalized spacial score (nSPS) is 13.1. The van der Waals surface area contributed by atoms with Gasteiger partial charge in [0.25, 0.3) is 5.91 Å². The number of amides is 1. The summed E-state index contributed by atoms with van der Waals surface area (Å²) in [6, 6.07) is 3.06. The highest BCUT2D eigenvalue weighted by atomic mass is 32.1. The highest BCUT2D eigenvalue weighted by molar-refractivity contribution is 7.18. The molecule has 0 unspecified atom stereocenters. The molecule has 0 bridgehead atoms. The van der Waals surface area contributed by atoms with Crippen LogP contribution in [0.5, 0.6) is 0 Å². The van der Waals surface area contributed by atoms with Gasteiger partial charge in [-0.3, -0.25) is 4.79 Å². The van der Waals surface area contributed by atoms with Crippen LogP contribution in [0.2, 0.25) is 0 Å². The van der Waals surface area contributed by atoms with Crippen molar-refractivity contribution in [2.75, 3.05) is 0 Å². The average molecular weight is 332 g/mol. The number of carboxylic acids is 1.